The molecule has 0 aliphatic heterocycles. The van der Waals surface area contributed by atoms with Crippen LogP contribution in [0.2, 0.25) is 0 Å². The van der Waals surface area contributed by atoms with Crippen molar-refractivity contribution in [1.29, 1.82) is 0 Å². The molecule has 0 unspecified atom stereocenters. The van der Waals surface area contributed by atoms with Crippen LogP contribution >= 0.6 is 11.3 Å². The average Bonchev–Trinajstić information content (AvgIpc) is 3.16. The number of nitrogens with zero attached hydrogens (tertiary/aromatic N) is 1. The van der Waals surface area contributed by atoms with Gasteiger partial charge in [0.1, 0.15) is 0 Å². The molecular weight excluding hydrogens is 398 g/mol. The molecule has 0 bridgehead atoms. The van der Waals surface area contributed by atoms with Crippen molar-refractivity contribution < 1.29 is 4.74 Å². The zero-order chi connectivity index (χ0) is 25.5. The summed E-state index contributed by atoms with van der Waals surface area (Å²) in [5.41, 5.74) is 2.66. The minimum Gasteiger partial charge on any atom is -0.388 e. The van der Waals surface area contributed by atoms with E-state index in [9.17, 15) is 0 Å². The van der Waals surface area contributed by atoms with E-state index in [0.29, 0.717) is 0 Å². The van der Waals surface area contributed by atoms with Crippen LogP contribution in [0.5, 0.6) is 0 Å². The molecule has 2 nitrogen and oxygen atoms in total. The molecular formula is C28H51NOS. The summed E-state index contributed by atoms with van der Waals surface area (Å²) >= 11 is 1.73. The quantitative estimate of drug-likeness (QED) is 0.295. The molecule has 1 aromatic carbocycles. The lowest BCUT2D eigenvalue weighted by Gasteiger charge is -1.90. The van der Waals surface area contributed by atoms with E-state index in [2.05, 4.69) is 80.4 Å². The second-order valence-electron chi connectivity index (χ2n) is 5.93. The molecule has 1 heterocycles. The Morgan fingerprint density at radius 2 is 1.13 bits per heavy atom. The highest BCUT2D eigenvalue weighted by atomic mass is 32.1. The minimum absolute atomic E-state index is 1.15. The van der Waals surface area contributed by atoms with Crippen LogP contribution in [0.3, 0.4) is 0 Å². The van der Waals surface area contributed by atoms with Crippen molar-refractivity contribution in [2.45, 2.75) is 89.5 Å². The maximum atomic E-state index is 4.25. The second kappa shape index (κ2) is 38.7. The summed E-state index contributed by atoms with van der Waals surface area (Å²) < 4.78 is 4.25. The summed E-state index contributed by atoms with van der Waals surface area (Å²) in [5, 5.41) is 1.15. The number of rotatable bonds is 0. The van der Waals surface area contributed by atoms with Crippen molar-refractivity contribution in [3.8, 4) is 11.8 Å². The summed E-state index contributed by atoms with van der Waals surface area (Å²) in [4.78, 5) is 5.32. The van der Waals surface area contributed by atoms with Gasteiger partial charge in [-0.3, -0.25) is 0 Å². The van der Waals surface area contributed by atoms with Gasteiger partial charge in [0.05, 0.1) is 5.01 Å². The van der Waals surface area contributed by atoms with Crippen LogP contribution in [0.1, 0.15) is 82.8 Å². The lowest BCUT2D eigenvalue weighted by molar-refractivity contribution is 0.277. The van der Waals surface area contributed by atoms with E-state index in [-0.39, 0.29) is 0 Å². The van der Waals surface area contributed by atoms with E-state index in [1.54, 1.807) is 25.6 Å². The summed E-state index contributed by atoms with van der Waals surface area (Å²) in [6.45, 7) is 24.2. The van der Waals surface area contributed by atoms with Gasteiger partial charge in [0.15, 0.2) is 0 Å². The Labute approximate surface area is 200 Å². The fraction of sp³-hybridized carbons (Fsp3) is 0.536. The normalized spacial score (nSPS) is 7.55. The third kappa shape index (κ3) is 52.5. The first-order valence-electron chi connectivity index (χ1n) is 11.0. The summed E-state index contributed by atoms with van der Waals surface area (Å²) in [6.07, 6.45) is 7.14. The van der Waals surface area contributed by atoms with Crippen LogP contribution in [-0.4, -0.2) is 19.2 Å². The first kappa shape index (κ1) is 39.6. The molecule has 31 heavy (non-hydrogen) atoms. The van der Waals surface area contributed by atoms with Crippen LogP contribution in [0, 0.1) is 39.5 Å². The van der Waals surface area contributed by atoms with Crippen LogP contribution in [-0.2, 0) is 4.74 Å². The molecule has 0 atom stereocenters. The molecule has 0 saturated carbocycles. The smallest absolute Gasteiger partial charge is 0.0896 e. The molecule has 1 aromatic heterocycles. The molecule has 3 heteroatoms. The number of benzene rings is 1. The van der Waals surface area contributed by atoms with Gasteiger partial charge in [-0.1, -0.05) is 81.7 Å². The molecule has 2 rings (SSSR count). The maximum absolute atomic E-state index is 4.25. The third-order valence-corrected chi connectivity index (χ3v) is 3.37. The van der Waals surface area contributed by atoms with Gasteiger partial charge in [-0.05, 0) is 55.4 Å². The first-order valence-corrected chi connectivity index (χ1v) is 11.8. The standard InChI is InChI=1S/C8H10.C5H7NS.C4H8.C4H6.C3H8.C2H6O.C2H6/c1-7-3-5-8(2)6-4-7;1-4-3-6-5(2)7-4;2*1-3-4-2;2*1-3-2;1-2/h3-6H,1-2H3;3H,1-2H3;3-4H,1-2H3;1-2H3;3H2,1-2H3;1-2H3;1-2H3. The zero-order valence-corrected chi connectivity index (χ0v) is 23.8. The van der Waals surface area contributed by atoms with Crippen molar-refractivity contribution in [3.63, 3.8) is 0 Å². The highest BCUT2D eigenvalue weighted by Gasteiger charge is 1.86. The maximum Gasteiger partial charge on any atom is 0.0896 e. The van der Waals surface area contributed by atoms with E-state index in [0.717, 1.165) is 5.01 Å². The lowest BCUT2D eigenvalue weighted by Crippen LogP contribution is -1.70. The minimum atomic E-state index is 1.15. The number of aryl methyl sites for hydroxylation is 4. The number of aromatic nitrogens is 1. The van der Waals surface area contributed by atoms with Gasteiger partial charge >= 0.3 is 0 Å². The number of thiazole rings is 1. The predicted molar refractivity (Wildman–Crippen MR) is 147 cm³/mol. The van der Waals surface area contributed by atoms with Gasteiger partial charge in [-0.15, -0.1) is 23.2 Å². The van der Waals surface area contributed by atoms with E-state index in [4.69, 9.17) is 0 Å². The van der Waals surface area contributed by atoms with Crippen molar-refractivity contribution in [3.05, 3.63) is 63.6 Å². The molecule has 0 amide bonds. The van der Waals surface area contributed by atoms with Crippen molar-refractivity contribution in [2.75, 3.05) is 14.2 Å². The van der Waals surface area contributed by atoms with E-state index < -0.39 is 0 Å². The molecule has 0 spiro atoms. The van der Waals surface area contributed by atoms with Crippen LogP contribution in [0.25, 0.3) is 0 Å². The lowest BCUT2D eigenvalue weighted by atomic mass is 10.2. The highest BCUT2D eigenvalue weighted by molar-refractivity contribution is 7.11. The topological polar surface area (TPSA) is 22.1 Å². The average molecular weight is 450 g/mol. The first-order chi connectivity index (χ1) is 14.7. The van der Waals surface area contributed by atoms with Gasteiger partial charge in [-0.2, -0.15) is 0 Å². The van der Waals surface area contributed by atoms with Gasteiger partial charge in [0.25, 0.3) is 0 Å². The van der Waals surface area contributed by atoms with Gasteiger partial charge in [-0.25, -0.2) is 4.98 Å². The number of hydrogen-bond acceptors (Lipinski definition) is 3. The van der Waals surface area contributed by atoms with E-state index >= 15 is 0 Å². The van der Waals surface area contributed by atoms with Crippen LogP contribution < -0.4 is 0 Å². The molecule has 180 valence electrons. The van der Waals surface area contributed by atoms with Crippen molar-refractivity contribution in [1.82, 2.24) is 4.98 Å². The van der Waals surface area contributed by atoms with Gasteiger partial charge in [0, 0.05) is 25.3 Å². The fourth-order valence-electron chi connectivity index (χ4n) is 1.10. The summed E-state index contributed by atoms with van der Waals surface area (Å²) in [7, 11) is 3.25. The SMILES string of the molecule is CC.CC#CC.CC=CC.CCC.COC.Cc1ccc(C)cc1.Cc1cnc(C)s1. The van der Waals surface area contributed by atoms with Gasteiger partial charge in [0.2, 0.25) is 0 Å². The summed E-state index contributed by atoms with van der Waals surface area (Å²) in [5.74, 6) is 5.36. The Hall–Kier alpha value is -1.89. The number of hydrogen-bond donors (Lipinski definition) is 0. The van der Waals surface area contributed by atoms with E-state index in [1.165, 1.54) is 22.4 Å². The second-order valence-corrected chi connectivity index (χ2v) is 7.37. The Kier molecular flexibility index (Phi) is 49.4. The van der Waals surface area contributed by atoms with Crippen molar-refractivity contribution >= 4 is 11.3 Å². The number of methoxy groups -OCH3 is 1. The molecule has 0 saturated heterocycles. The Bertz CT molecular complexity index is 567. The van der Waals surface area contributed by atoms with Gasteiger partial charge < -0.3 is 4.74 Å². The molecule has 0 N–H and O–H groups in total. The monoisotopic (exact) mass is 449 g/mol. The van der Waals surface area contributed by atoms with E-state index in [1.807, 2.05) is 66.8 Å². The van der Waals surface area contributed by atoms with Crippen LogP contribution in [0.15, 0.2) is 42.6 Å². The van der Waals surface area contributed by atoms with Crippen LogP contribution in [0.4, 0.5) is 0 Å². The molecule has 2 aromatic rings. The third-order valence-electron chi connectivity index (χ3n) is 2.54. The highest BCUT2D eigenvalue weighted by Crippen LogP contribution is 2.07. The molecule has 0 aliphatic carbocycles. The Balaban J connectivity index is -0.0000000901. The largest absolute Gasteiger partial charge is 0.388 e. The zero-order valence-electron chi connectivity index (χ0n) is 23.0. The number of allylic oxidation sites excluding steroid dienone is 2. The Morgan fingerprint density at radius 3 is 1.23 bits per heavy atom. The molecule has 0 aliphatic rings. The fourth-order valence-corrected chi connectivity index (χ4v) is 1.78. The molecule has 0 radical (unpaired) electrons. The van der Waals surface area contributed by atoms with Crippen molar-refractivity contribution in [2.24, 2.45) is 0 Å². The number of ether oxygens (including phenoxy) is 1. The predicted octanol–water partition coefficient (Wildman–Crippen LogP) is 9.38. The molecule has 0 fully saturated rings. The summed E-state index contributed by atoms with van der Waals surface area (Å²) in [6, 6.07) is 8.48. The Morgan fingerprint density at radius 1 is 0.839 bits per heavy atom.